The molecule has 0 amide bonds. The van der Waals surface area contributed by atoms with Gasteiger partial charge >= 0.3 is 0 Å². The average molecular weight is 878 g/mol. The minimum Gasteiger partial charge on any atom is -0.309 e. The summed E-state index contributed by atoms with van der Waals surface area (Å²) in [5, 5.41) is 15.0. The lowest BCUT2D eigenvalue weighted by Gasteiger charge is -2.20. The van der Waals surface area contributed by atoms with Crippen LogP contribution in [0.3, 0.4) is 0 Å². The third kappa shape index (κ3) is 7.08. The normalized spacial score (nSPS) is 11.9. The molecule has 0 saturated heterocycles. The summed E-state index contributed by atoms with van der Waals surface area (Å²) in [6.45, 7) is 21.6. The Morgan fingerprint density at radius 2 is 0.926 bits per heavy atom. The molecule has 0 spiro atoms. The summed E-state index contributed by atoms with van der Waals surface area (Å²) in [6.07, 6.45) is 0. The molecular formula is C61H47N7. The van der Waals surface area contributed by atoms with Crippen molar-refractivity contribution in [2.75, 3.05) is 0 Å². The molecule has 0 aliphatic rings. The molecule has 0 aliphatic carbocycles. The van der Waals surface area contributed by atoms with Gasteiger partial charge in [0.1, 0.15) is 0 Å². The maximum atomic E-state index is 10.5. The largest absolute Gasteiger partial charge is 0.309 e. The van der Waals surface area contributed by atoms with Crippen molar-refractivity contribution in [3.05, 3.63) is 204 Å². The lowest BCUT2D eigenvalue weighted by atomic mass is 9.86. The molecule has 0 unspecified atom stereocenters. The highest BCUT2D eigenvalue weighted by atomic mass is 15.1. The molecule has 7 nitrogen and oxygen atoms in total. The Labute approximate surface area is 396 Å². The standard InChI is InChI=1S/C61H47N7/c1-60(2,3)41-27-31-53-46(35-41)44-20-12-15-23-51(44)67(53)55-29-25-38(37-62)33-48(55)58-64-57(39-17-9-8-10-18-39)65-59(66-58)49-34-40(43-19-11-14-22-50(43)63-7)26-30-56(49)68-52-24-16-13-21-45(52)47-36-42(61(4,5)6)28-32-54(47)68/h8-36H,1-6H3. The predicted octanol–water partition coefficient (Wildman–Crippen LogP) is 15.8. The SMILES string of the molecule is [C-]#[N+]c1ccccc1-c1ccc(-n2c3ccccc3c3cc(C(C)(C)C)ccc32)c(-c2nc(-c3ccccc3)nc(-c3cc(C#N)ccc3-n3c4ccccc4c4cc(C(C)(C)C)ccc43)n2)c1. The van der Waals surface area contributed by atoms with Crippen LogP contribution in [0.25, 0.3) is 105 Å². The van der Waals surface area contributed by atoms with Gasteiger partial charge in [-0.1, -0.05) is 151 Å². The van der Waals surface area contributed by atoms with Gasteiger partial charge < -0.3 is 9.13 Å². The average Bonchev–Trinajstić information content (AvgIpc) is 3.87. The van der Waals surface area contributed by atoms with Crippen molar-refractivity contribution in [3.63, 3.8) is 0 Å². The van der Waals surface area contributed by atoms with Crippen LogP contribution in [0.15, 0.2) is 176 Å². The van der Waals surface area contributed by atoms with Gasteiger partial charge in [-0.25, -0.2) is 19.8 Å². The Bertz CT molecular complexity index is 3900. The molecule has 3 heterocycles. The summed E-state index contributed by atoms with van der Waals surface area (Å²) in [6, 6.07) is 62.8. The summed E-state index contributed by atoms with van der Waals surface area (Å²) in [4.78, 5) is 20.1. The number of aromatic nitrogens is 5. The van der Waals surface area contributed by atoms with Gasteiger partial charge in [-0.15, -0.1) is 0 Å². The molecule has 3 aromatic heterocycles. The van der Waals surface area contributed by atoms with Gasteiger partial charge in [-0.2, -0.15) is 5.26 Å². The van der Waals surface area contributed by atoms with E-state index in [-0.39, 0.29) is 10.8 Å². The Kier molecular flexibility index (Phi) is 9.92. The highest BCUT2D eigenvalue weighted by Crippen LogP contribution is 2.43. The van der Waals surface area contributed by atoms with E-state index in [2.05, 4.69) is 165 Å². The molecule has 8 aromatic carbocycles. The second-order valence-corrected chi connectivity index (χ2v) is 19.5. The second-order valence-electron chi connectivity index (χ2n) is 19.5. The van der Waals surface area contributed by atoms with Crippen molar-refractivity contribution in [2.45, 2.75) is 52.4 Å². The predicted molar refractivity (Wildman–Crippen MR) is 279 cm³/mol. The second kappa shape index (κ2) is 16.0. The maximum absolute atomic E-state index is 10.5. The lowest BCUT2D eigenvalue weighted by Crippen LogP contribution is -2.10. The van der Waals surface area contributed by atoms with E-state index in [1.807, 2.05) is 72.8 Å². The Balaban J connectivity index is 1.23. The van der Waals surface area contributed by atoms with Crippen LogP contribution in [0, 0.1) is 17.9 Å². The first-order valence-corrected chi connectivity index (χ1v) is 22.9. The summed E-state index contributed by atoms with van der Waals surface area (Å²) in [7, 11) is 0. The molecule has 0 bridgehead atoms. The molecule has 0 radical (unpaired) electrons. The highest BCUT2D eigenvalue weighted by molar-refractivity contribution is 6.11. The minimum absolute atomic E-state index is 0.0467. The van der Waals surface area contributed by atoms with Gasteiger partial charge in [-0.05, 0) is 99.8 Å². The van der Waals surface area contributed by atoms with Crippen molar-refractivity contribution in [1.29, 1.82) is 5.26 Å². The van der Waals surface area contributed by atoms with E-state index in [0.717, 1.165) is 77.2 Å². The minimum atomic E-state index is -0.0497. The fraction of sp³-hybridized carbons (Fsp3) is 0.131. The third-order valence-electron chi connectivity index (χ3n) is 13.2. The van der Waals surface area contributed by atoms with E-state index in [4.69, 9.17) is 21.5 Å². The van der Waals surface area contributed by atoms with Gasteiger partial charge in [0.05, 0.1) is 51.6 Å². The molecule has 0 aliphatic heterocycles. The zero-order valence-corrected chi connectivity index (χ0v) is 38.9. The number of rotatable bonds is 6. The Morgan fingerprint density at radius 3 is 1.49 bits per heavy atom. The molecule has 0 atom stereocenters. The molecule has 0 saturated carbocycles. The first-order valence-electron chi connectivity index (χ1n) is 22.9. The van der Waals surface area contributed by atoms with Crippen LogP contribution in [0.4, 0.5) is 5.69 Å². The highest BCUT2D eigenvalue weighted by Gasteiger charge is 2.25. The maximum Gasteiger partial charge on any atom is 0.194 e. The number of hydrogen-bond acceptors (Lipinski definition) is 4. The summed E-state index contributed by atoms with van der Waals surface area (Å²) in [5.41, 5.74) is 13.3. The van der Waals surface area contributed by atoms with Crippen LogP contribution in [0.1, 0.15) is 58.2 Å². The smallest absolute Gasteiger partial charge is 0.194 e. The number of nitrogens with zero attached hydrogens (tertiary/aromatic N) is 7. The van der Waals surface area contributed by atoms with E-state index < -0.39 is 0 Å². The van der Waals surface area contributed by atoms with Gasteiger partial charge in [0.15, 0.2) is 23.2 Å². The molecule has 0 N–H and O–H groups in total. The third-order valence-corrected chi connectivity index (χ3v) is 13.2. The van der Waals surface area contributed by atoms with Crippen LogP contribution < -0.4 is 0 Å². The topological polar surface area (TPSA) is 76.7 Å². The van der Waals surface area contributed by atoms with Crippen LogP contribution >= 0.6 is 0 Å². The van der Waals surface area contributed by atoms with Crippen LogP contribution in [0.2, 0.25) is 0 Å². The van der Waals surface area contributed by atoms with E-state index in [9.17, 15) is 5.26 Å². The molecule has 11 rings (SSSR count). The quantitative estimate of drug-likeness (QED) is 0.156. The van der Waals surface area contributed by atoms with Gasteiger partial charge in [0, 0.05) is 38.2 Å². The van der Waals surface area contributed by atoms with Crippen molar-refractivity contribution < 1.29 is 0 Å². The molecule has 0 fully saturated rings. The van der Waals surface area contributed by atoms with E-state index >= 15 is 0 Å². The summed E-state index contributed by atoms with van der Waals surface area (Å²) >= 11 is 0. The van der Waals surface area contributed by atoms with Crippen molar-refractivity contribution in [3.8, 4) is 62.7 Å². The van der Waals surface area contributed by atoms with Crippen LogP contribution in [-0.2, 0) is 10.8 Å². The monoisotopic (exact) mass is 877 g/mol. The summed E-state index contributed by atoms with van der Waals surface area (Å²) < 4.78 is 4.59. The fourth-order valence-electron chi connectivity index (χ4n) is 9.60. The molecular weight excluding hydrogens is 831 g/mol. The zero-order valence-electron chi connectivity index (χ0n) is 38.9. The zero-order chi connectivity index (χ0) is 46.9. The number of hydrogen-bond donors (Lipinski definition) is 0. The van der Waals surface area contributed by atoms with Gasteiger partial charge in [-0.3, -0.25) is 0 Å². The van der Waals surface area contributed by atoms with Crippen LogP contribution in [0.5, 0.6) is 0 Å². The molecule has 7 heteroatoms. The number of benzene rings is 8. The van der Waals surface area contributed by atoms with E-state index in [1.165, 1.54) is 11.1 Å². The van der Waals surface area contributed by atoms with Crippen molar-refractivity contribution >= 4 is 49.3 Å². The number of fused-ring (bicyclic) bond motifs is 6. The molecule has 11 aromatic rings. The Morgan fingerprint density at radius 1 is 0.441 bits per heavy atom. The molecule has 326 valence electrons. The number of para-hydroxylation sites is 3. The Hall–Kier alpha value is -8.65. The number of nitriles is 1. The molecule has 68 heavy (non-hydrogen) atoms. The van der Waals surface area contributed by atoms with Gasteiger partial charge in [0.2, 0.25) is 0 Å². The van der Waals surface area contributed by atoms with Crippen molar-refractivity contribution in [2.24, 2.45) is 0 Å². The fourth-order valence-corrected chi connectivity index (χ4v) is 9.60. The first-order chi connectivity index (χ1) is 32.9. The van der Waals surface area contributed by atoms with Gasteiger partial charge in [0.25, 0.3) is 0 Å². The van der Waals surface area contributed by atoms with E-state index in [0.29, 0.717) is 34.3 Å². The van der Waals surface area contributed by atoms with E-state index in [1.54, 1.807) is 0 Å². The summed E-state index contributed by atoms with van der Waals surface area (Å²) in [5.74, 6) is 1.37. The van der Waals surface area contributed by atoms with Crippen molar-refractivity contribution in [1.82, 2.24) is 24.1 Å². The van der Waals surface area contributed by atoms with Crippen LogP contribution in [-0.4, -0.2) is 24.1 Å². The lowest BCUT2D eigenvalue weighted by molar-refractivity contribution is 0.591. The first kappa shape index (κ1) is 42.0.